The first-order valence-electron chi connectivity index (χ1n) is 8.86. The first-order valence-corrected chi connectivity index (χ1v) is 9.84. The summed E-state index contributed by atoms with van der Waals surface area (Å²) >= 11 is 1.16. The third-order valence-corrected chi connectivity index (χ3v) is 4.91. The van der Waals surface area contributed by atoms with Gasteiger partial charge in [-0.1, -0.05) is 72.4 Å². The molecule has 0 unspecified atom stereocenters. The van der Waals surface area contributed by atoms with Gasteiger partial charge in [0.25, 0.3) is 10.8 Å². The quantitative estimate of drug-likeness (QED) is 0.345. The first-order chi connectivity index (χ1) is 14.2. The van der Waals surface area contributed by atoms with Crippen molar-refractivity contribution in [3.05, 3.63) is 94.6 Å². The first kappa shape index (κ1) is 18.8. The van der Waals surface area contributed by atoms with Crippen molar-refractivity contribution in [3.8, 4) is 11.3 Å². The van der Waals surface area contributed by atoms with Gasteiger partial charge < -0.3 is 4.42 Å². The summed E-state index contributed by atoms with van der Waals surface area (Å²) in [5.74, 6) is 0.413. The van der Waals surface area contributed by atoms with Gasteiger partial charge in [0, 0.05) is 17.2 Å². The maximum absolute atomic E-state index is 12.2. The van der Waals surface area contributed by atoms with Gasteiger partial charge in [0.1, 0.15) is 6.54 Å². The Balaban J connectivity index is 1.44. The summed E-state index contributed by atoms with van der Waals surface area (Å²) in [6.07, 6.45) is 0. The maximum Gasteiger partial charge on any atom is 0.277 e. The Morgan fingerprint density at radius 1 is 0.931 bits per heavy atom. The Bertz CT molecular complexity index is 1170. The minimum absolute atomic E-state index is 0.0243. The van der Waals surface area contributed by atoms with Crippen LogP contribution in [0.15, 0.2) is 87.2 Å². The molecule has 0 saturated heterocycles. The summed E-state index contributed by atoms with van der Waals surface area (Å²) < 4.78 is 6.84. The van der Waals surface area contributed by atoms with E-state index in [0.717, 1.165) is 17.3 Å². The molecule has 7 nitrogen and oxygen atoms in total. The van der Waals surface area contributed by atoms with Gasteiger partial charge in [-0.25, -0.2) is 4.68 Å². The molecule has 4 rings (SSSR count). The molecule has 0 amide bonds. The van der Waals surface area contributed by atoms with Crippen LogP contribution in [-0.2, 0) is 6.54 Å². The topological polar surface area (TPSA) is 90.9 Å². The minimum atomic E-state index is -0.267. The van der Waals surface area contributed by atoms with E-state index >= 15 is 0 Å². The molecule has 2 aromatic heterocycles. The highest BCUT2D eigenvalue weighted by Gasteiger charge is 2.13. The molecule has 144 valence electrons. The van der Waals surface area contributed by atoms with E-state index in [1.165, 1.54) is 10.7 Å². The Morgan fingerprint density at radius 2 is 1.66 bits per heavy atom. The number of thioether (sulfide) groups is 1. The molecule has 0 radical (unpaired) electrons. The molecule has 2 aromatic carbocycles. The van der Waals surface area contributed by atoms with E-state index in [4.69, 9.17) is 4.42 Å². The fourth-order valence-electron chi connectivity index (χ4n) is 2.65. The molecule has 0 aliphatic heterocycles. The van der Waals surface area contributed by atoms with E-state index in [9.17, 15) is 9.59 Å². The summed E-state index contributed by atoms with van der Waals surface area (Å²) in [6, 6.07) is 21.7. The lowest BCUT2D eigenvalue weighted by Gasteiger charge is -2.04. The molecule has 0 aliphatic carbocycles. The van der Waals surface area contributed by atoms with Gasteiger partial charge in [0.2, 0.25) is 5.89 Å². The van der Waals surface area contributed by atoms with Gasteiger partial charge in [0.05, 0.1) is 11.4 Å². The zero-order valence-corrected chi connectivity index (χ0v) is 16.1. The van der Waals surface area contributed by atoms with Crippen molar-refractivity contribution in [1.82, 2.24) is 20.0 Å². The molecule has 0 atom stereocenters. The molecule has 0 N–H and O–H groups in total. The van der Waals surface area contributed by atoms with Crippen molar-refractivity contribution in [3.63, 3.8) is 0 Å². The fraction of sp³-hybridized carbons (Fsp3) is 0.0952. The summed E-state index contributed by atoms with van der Waals surface area (Å²) in [6.45, 7) is 0.0553. The number of carbonyl (C=O) groups is 1. The second kappa shape index (κ2) is 8.66. The lowest BCUT2D eigenvalue weighted by atomic mass is 10.1. The van der Waals surface area contributed by atoms with Crippen molar-refractivity contribution in [2.45, 2.75) is 11.8 Å². The van der Waals surface area contributed by atoms with Crippen molar-refractivity contribution < 1.29 is 9.21 Å². The molecule has 2 heterocycles. The fourth-order valence-corrected chi connectivity index (χ4v) is 3.32. The third-order valence-electron chi connectivity index (χ3n) is 4.09. The van der Waals surface area contributed by atoms with Crippen LogP contribution in [0.3, 0.4) is 0 Å². The SMILES string of the molecule is O=C(CSc1nnc(Cn2nc(-c3ccccc3)ccc2=O)o1)c1ccccc1. The van der Waals surface area contributed by atoms with Gasteiger partial charge in [-0.05, 0) is 6.07 Å². The van der Waals surface area contributed by atoms with Crippen LogP contribution in [-0.4, -0.2) is 31.5 Å². The van der Waals surface area contributed by atoms with Crippen LogP contribution in [0, 0.1) is 0 Å². The van der Waals surface area contributed by atoms with Gasteiger partial charge in [-0.3, -0.25) is 9.59 Å². The van der Waals surface area contributed by atoms with Crippen molar-refractivity contribution in [1.29, 1.82) is 0 Å². The smallest absolute Gasteiger partial charge is 0.277 e. The monoisotopic (exact) mass is 404 g/mol. The Hall–Kier alpha value is -3.52. The number of hydrogen-bond acceptors (Lipinski definition) is 7. The number of ketones is 1. The van der Waals surface area contributed by atoms with E-state index in [1.807, 2.05) is 48.5 Å². The number of benzene rings is 2. The normalized spacial score (nSPS) is 10.8. The van der Waals surface area contributed by atoms with E-state index in [0.29, 0.717) is 11.3 Å². The molecule has 29 heavy (non-hydrogen) atoms. The van der Waals surface area contributed by atoms with Crippen molar-refractivity contribution >= 4 is 17.5 Å². The van der Waals surface area contributed by atoms with E-state index < -0.39 is 0 Å². The highest BCUT2D eigenvalue weighted by atomic mass is 32.2. The van der Waals surface area contributed by atoms with Gasteiger partial charge in [-0.15, -0.1) is 10.2 Å². The lowest BCUT2D eigenvalue weighted by Crippen LogP contribution is -2.23. The molecule has 4 aromatic rings. The molecule has 8 heteroatoms. The number of aromatic nitrogens is 4. The summed E-state index contributed by atoms with van der Waals surface area (Å²) in [5, 5.41) is 12.5. The standard InChI is InChI=1S/C21H16N4O3S/c26-18(16-9-5-2-6-10-16)14-29-21-23-22-19(28-21)13-25-20(27)12-11-17(24-25)15-7-3-1-4-8-15/h1-12H,13-14H2. The van der Waals surface area contributed by atoms with E-state index in [1.54, 1.807) is 18.2 Å². The van der Waals surface area contributed by atoms with Crippen LogP contribution < -0.4 is 5.56 Å². The second-order valence-corrected chi connectivity index (χ2v) is 7.05. The Kier molecular flexibility index (Phi) is 5.62. The average Bonchev–Trinajstić information content (AvgIpc) is 3.22. The summed E-state index contributed by atoms with van der Waals surface area (Å²) in [5.41, 5.74) is 1.94. The van der Waals surface area contributed by atoms with E-state index in [2.05, 4.69) is 15.3 Å². The summed E-state index contributed by atoms with van der Waals surface area (Å²) in [7, 11) is 0. The Labute approximate surface area is 170 Å². The van der Waals surface area contributed by atoms with Gasteiger partial charge >= 0.3 is 0 Å². The predicted molar refractivity (Wildman–Crippen MR) is 109 cm³/mol. The lowest BCUT2D eigenvalue weighted by molar-refractivity contribution is 0.102. The van der Waals surface area contributed by atoms with Crippen LogP contribution in [0.5, 0.6) is 0 Å². The third kappa shape index (κ3) is 4.67. The molecule has 0 fully saturated rings. The van der Waals surface area contributed by atoms with Gasteiger partial charge in [-0.2, -0.15) is 5.10 Å². The highest BCUT2D eigenvalue weighted by molar-refractivity contribution is 7.99. The minimum Gasteiger partial charge on any atom is -0.414 e. The number of Topliss-reactive ketones (excluding diaryl/α,β-unsaturated/α-hetero) is 1. The number of rotatable bonds is 7. The van der Waals surface area contributed by atoms with E-state index in [-0.39, 0.29) is 34.8 Å². The van der Waals surface area contributed by atoms with Crippen LogP contribution >= 0.6 is 11.8 Å². The Morgan fingerprint density at radius 3 is 2.41 bits per heavy atom. The molecular weight excluding hydrogens is 388 g/mol. The van der Waals surface area contributed by atoms with Crippen LogP contribution in [0.2, 0.25) is 0 Å². The number of carbonyl (C=O) groups excluding carboxylic acids is 1. The molecule has 0 spiro atoms. The zero-order chi connectivity index (χ0) is 20.1. The zero-order valence-electron chi connectivity index (χ0n) is 15.3. The number of hydrogen-bond donors (Lipinski definition) is 0. The number of nitrogens with zero attached hydrogens (tertiary/aromatic N) is 4. The van der Waals surface area contributed by atoms with Gasteiger partial charge in [0.15, 0.2) is 5.78 Å². The summed E-state index contributed by atoms with van der Waals surface area (Å²) in [4.78, 5) is 24.3. The van der Waals surface area contributed by atoms with Crippen LogP contribution in [0.25, 0.3) is 11.3 Å². The van der Waals surface area contributed by atoms with Crippen LogP contribution in [0.1, 0.15) is 16.2 Å². The average molecular weight is 404 g/mol. The van der Waals surface area contributed by atoms with Crippen molar-refractivity contribution in [2.75, 3.05) is 5.75 Å². The molecule has 0 aliphatic rings. The largest absolute Gasteiger partial charge is 0.414 e. The molecule has 0 bridgehead atoms. The molecular formula is C21H16N4O3S. The predicted octanol–water partition coefficient (Wildman–Crippen LogP) is 3.32. The van der Waals surface area contributed by atoms with Crippen LogP contribution in [0.4, 0.5) is 0 Å². The second-order valence-electron chi connectivity index (χ2n) is 6.12. The molecule has 0 saturated carbocycles. The maximum atomic E-state index is 12.2. The highest BCUT2D eigenvalue weighted by Crippen LogP contribution is 2.18. The van der Waals surface area contributed by atoms with Crippen molar-refractivity contribution in [2.24, 2.45) is 0 Å².